The van der Waals surface area contributed by atoms with Crippen molar-refractivity contribution in [3.8, 4) is 0 Å². The number of aliphatic carboxylic acids is 1. The Morgan fingerprint density at radius 2 is 2.22 bits per heavy atom. The fourth-order valence-electron chi connectivity index (χ4n) is 3.36. The minimum atomic E-state index is -0.836. The van der Waals surface area contributed by atoms with E-state index < -0.39 is 12.0 Å². The number of carboxylic acids is 1. The van der Waals surface area contributed by atoms with E-state index in [1.807, 2.05) is 25.1 Å². The Balaban J connectivity index is 1.85. The van der Waals surface area contributed by atoms with E-state index in [9.17, 15) is 14.7 Å². The zero-order chi connectivity index (χ0) is 16.4. The van der Waals surface area contributed by atoms with Gasteiger partial charge in [0.15, 0.2) is 0 Å². The normalized spacial score (nSPS) is 24.5. The van der Waals surface area contributed by atoms with Gasteiger partial charge in [-0.2, -0.15) is 0 Å². The van der Waals surface area contributed by atoms with Crippen molar-refractivity contribution in [1.29, 1.82) is 0 Å². The van der Waals surface area contributed by atoms with Crippen LogP contribution in [-0.4, -0.2) is 29.7 Å². The van der Waals surface area contributed by atoms with Crippen molar-refractivity contribution in [2.45, 2.75) is 38.1 Å². The molecule has 2 aliphatic rings. The summed E-state index contributed by atoms with van der Waals surface area (Å²) in [6, 6.07) is 4.72. The van der Waals surface area contributed by atoms with Crippen molar-refractivity contribution in [3.63, 3.8) is 0 Å². The first-order valence-electron chi connectivity index (χ1n) is 8.09. The summed E-state index contributed by atoms with van der Waals surface area (Å²) in [6.45, 7) is 2.47. The summed E-state index contributed by atoms with van der Waals surface area (Å²) in [7, 11) is 0. The molecule has 23 heavy (non-hydrogen) atoms. The number of fused-ring (bicyclic) bond motifs is 3. The number of nitrogens with one attached hydrogen (secondary N) is 1. The predicted octanol–water partition coefficient (Wildman–Crippen LogP) is 3.18. The summed E-state index contributed by atoms with van der Waals surface area (Å²) >= 11 is 0. The molecular weight excluding hydrogens is 294 g/mol. The van der Waals surface area contributed by atoms with Gasteiger partial charge in [0.2, 0.25) is 0 Å². The second kappa shape index (κ2) is 6.44. The number of unbranched alkanes of at least 4 members (excludes halogenated alkanes) is 1. The van der Waals surface area contributed by atoms with Crippen molar-refractivity contribution in [3.05, 3.63) is 41.5 Å². The Bertz CT molecular complexity index is 652. The second-order valence-corrected chi connectivity index (χ2v) is 6.11. The molecule has 1 aromatic carbocycles. The van der Waals surface area contributed by atoms with Crippen LogP contribution in [0.4, 0.5) is 5.69 Å². The number of esters is 1. The summed E-state index contributed by atoms with van der Waals surface area (Å²) < 4.78 is 5.26. The van der Waals surface area contributed by atoms with Gasteiger partial charge in [-0.1, -0.05) is 25.5 Å². The van der Waals surface area contributed by atoms with E-state index >= 15 is 0 Å². The fraction of sp³-hybridized carbons (Fsp3) is 0.444. The largest absolute Gasteiger partial charge is 0.480 e. The molecule has 0 bridgehead atoms. The van der Waals surface area contributed by atoms with Crippen LogP contribution in [0.2, 0.25) is 0 Å². The van der Waals surface area contributed by atoms with Gasteiger partial charge in [-0.15, -0.1) is 0 Å². The van der Waals surface area contributed by atoms with Crippen molar-refractivity contribution < 1.29 is 19.4 Å². The van der Waals surface area contributed by atoms with Crippen molar-refractivity contribution >= 4 is 17.6 Å². The number of rotatable bonds is 5. The monoisotopic (exact) mass is 315 g/mol. The quantitative estimate of drug-likeness (QED) is 0.496. The molecule has 0 saturated carbocycles. The fourth-order valence-corrected chi connectivity index (χ4v) is 3.36. The Morgan fingerprint density at radius 3 is 2.96 bits per heavy atom. The zero-order valence-electron chi connectivity index (χ0n) is 13.1. The number of benzene rings is 1. The topological polar surface area (TPSA) is 75.6 Å². The van der Waals surface area contributed by atoms with Gasteiger partial charge in [-0.3, -0.25) is 0 Å². The molecule has 2 N–H and O–H groups in total. The first-order chi connectivity index (χ1) is 11.1. The van der Waals surface area contributed by atoms with Crippen LogP contribution in [0.5, 0.6) is 0 Å². The summed E-state index contributed by atoms with van der Waals surface area (Å²) in [4.78, 5) is 23.6. The highest BCUT2D eigenvalue weighted by Crippen LogP contribution is 2.44. The SMILES string of the molecule is CCCCOC(=O)c1ccc2c(c1)[C@H]1C=CC[C@@H]1[C@H](C(=O)O)N2. The third-order valence-corrected chi connectivity index (χ3v) is 4.60. The van der Waals surface area contributed by atoms with Crippen LogP contribution >= 0.6 is 0 Å². The summed E-state index contributed by atoms with van der Waals surface area (Å²) in [5.41, 5.74) is 2.29. The Morgan fingerprint density at radius 1 is 1.39 bits per heavy atom. The maximum Gasteiger partial charge on any atom is 0.338 e. The number of anilines is 1. The molecule has 122 valence electrons. The number of ether oxygens (including phenoxy) is 1. The zero-order valence-corrected chi connectivity index (χ0v) is 13.1. The molecule has 5 nitrogen and oxygen atoms in total. The van der Waals surface area contributed by atoms with Crippen LogP contribution in [0.25, 0.3) is 0 Å². The van der Waals surface area contributed by atoms with Gasteiger partial charge in [-0.05, 0) is 36.6 Å². The van der Waals surface area contributed by atoms with E-state index in [1.54, 1.807) is 12.1 Å². The molecule has 0 unspecified atom stereocenters. The predicted molar refractivity (Wildman–Crippen MR) is 86.7 cm³/mol. The molecule has 0 aromatic heterocycles. The van der Waals surface area contributed by atoms with Gasteiger partial charge in [0, 0.05) is 17.5 Å². The van der Waals surface area contributed by atoms with E-state index in [0.717, 1.165) is 30.5 Å². The van der Waals surface area contributed by atoms with Crippen molar-refractivity contribution in [2.24, 2.45) is 5.92 Å². The van der Waals surface area contributed by atoms with Crippen LogP contribution < -0.4 is 5.32 Å². The molecule has 3 atom stereocenters. The molecule has 1 heterocycles. The molecule has 0 saturated heterocycles. The smallest absolute Gasteiger partial charge is 0.338 e. The highest BCUT2D eigenvalue weighted by molar-refractivity contribution is 5.91. The number of carbonyl (C=O) groups excluding carboxylic acids is 1. The average Bonchev–Trinajstić information content (AvgIpc) is 3.03. The third-order valence-electron chi connectivity index (χ3n) is 4.60. The lowest BCUT2D eigenvalue weighted by molar-refractivity contribution is -0.139. The molecule has 0 amide bonds. The van der Waals surface area contributed by atoms with Crippen LogP contribution in [0.1, 0.15) is 48.0 Å². The van der Waals surface area contributed by atoms with E-state index in [1.165, 1.54) is 0 Å². The van der Waals surface area contributed by atoms with Crippen molar-refractivity contribution in [1.82, 2.24) is 0 Å². The summed E-state index contributed by atoms with van der Waals surface area (Å²) in [6.07, 6.45) is 6.64. The molecule has 5 heteroatoms. The van der Waals surface area contributed by atoms with Crippen LogP contribution in [0, 0.1) is 5.92 Å². The lowest BCUT2D eigenvalue weighted by Crippen LogP contribution is -2.41. The standard InChI is InChI=1S/C18H21NO4/c1-2-3-9-23-18(22)11-7-8-15-14(10-11)12-5-4-6-13(12)16(19-15)17(20)21/h4-5,7-8,10,12-13,16,19H,2-3,6,9H2,1H3,(H,20,21)/t12-,13-,16+/m0/s1. The van der Waals surface area contributed by atoms with E-state index in [0.29, 0.717) is 12.2 Å². The summed E-state index contributed by atoms with van der Waals surface area (Å²) in [5, 5.41) is 12.5. The summed E-state index contributed by atoms with van der Waals surface area (Å²) in [5.74, 6) is -1.13. The third kappa shape index (κ3) is 2.96. The van der Waals surface area contributed by atoms with Gasteiger partial charge in [0.05, 0.1) is 12.2 Å². The lowest BCUT2D eigenvalue weighted by Gasteiger charge is -2.34. The number of carbonyl (C=O) groups is 2. The van der Waals surface area contributed by atoms with Crippen LogP contribution in [0.15, 0.2) is 30.4 Å². The van der Waals surface area contributed by atoms with E-state index in [2.05, 4.69) is 5.32 Å². The second-order valence-electron chi connectivity index (χ2n) is 6.11. The van der Waals surface area contributed by atoms with Crippen LogP contribution in [-0.2, 0) is 9.53 Å². The van der Waals surface area contributed by atoms with E-state index in [-0.39, 0.29) is 17.8 Å². The lowest BCUT2D eigenvalue weighted by atomic mass is 9.79. The first kappa shape index (κ1) is 15.6. The molecule has 3 rings (SSSR count). The van der Waals surface area contributed by atoms with Gasteiger partial charge in [0.25, 0.3) is 0 Å². The number of hydrogen-bond acceptors (Lipinski definition) is 4. The van der Waals surface area contributed by atoms with Crippen LogP contribution in [0.3, 0.4) is 0 Å². The molecule has 0 spiro atoms. The molecule has 1 aliphatic carbocycles. The van der Waals surface area contributed by atoms with E-state index in [4.69, 9.17) is 4.74 Å². The minimum Gasteiger partial charge on any atom is -0.480 e. The Kier molecular flexibility index (Phi) is 4.37. The Hall–Kier alpha value is -2.30. The number of allylic oxidation sites excluding steroid dienone is 2. The molecular formula is C18H21NO4. The van der Waals surface area contributed by atoms with Gasteiger partial charge in [0.1, 0.15) is 6.04 Å². The number of hydrogen-bond donors (Lipinski definition) is 2. The molecule has 1 aliphatic heterocycles. The first-order valence-corrected chi connectivity index (χ1v) is 8.09. The highest BCUT2D eigenvalue weighted by Gasteiger charge is 2.40. The molecule has 0 radical (unpaired) electrons. The molecule has 1 aromatic rings. The van der Waals surface area contributed by atoms with Gasteiger partial charge < -0.3 is 15.2 Å². The average molecular weight is 315 g/mol. The highest BCUT2D eigenvalue weighted by atomic mass is 16.5. The number of carboxylic acid groups (broad SMARTS) is 1. The Labute approximate surface area is 135 Å². The van der Waals surface area contributed by atoms with Crippen molar-refractivity contribution in [2.75, 3.05) is 11.9 Å². The maximum atomic E-state index is 12.1. The molecule has 0 fully saturated rings. The van der Waals surface area contributed by atoms with Gasteiger partial charge in [-0.25, -0.2) is 9.59 Å². The maximum absolute atomic E-state index is 12.1. The minimum absolute atomic E-state index is 0.00800. The van der Waals surface area contributed by atoms with Gasteiger partial charge >= 0.3 is 11.9 Å².